The molecular formula is C18H21N5O7S2. The van der Waals surface area contributed by atoms with Gasteiger partial charge in [-0.2, -0.15) is 0 Å². The number of nitrogens with zero attached hydrogens (tertiary/aromatic N) is 3. The van der Waals surface area contributed by atoms with Gasteiger partial charge in [-0.15, -0.1) is 11.3 Å². The van der Waals surface area contributed by atoms with Crippen LogP contribution in [0.5, 0.6) is 0 Å². The van der Waals surface area contributed by atoms with E-state index in [0.29, 0.717) is 15.3 Å². The molecule has 1 fully saturated rings. The molecule has 2 aromatic heterocycles. The number of Topliss-reactive ketones (excluding diaryl/α,β-unsaturated/α-hetero) is 1. The second kappa shape index (κ2) is 8.04. The van der Waals surface area contributed by atoms with Crippen molar-refractivity contribution in [1.82, 2.24) is 19.0 Å². The first-order valence-corrected chi connectivity index (χ1v) is 12.2. The second-order valence-corrected chi connectivity index (χ2v) is 10.6. The van der Waals surface area contributed by atoms with Crippen molar-refractivity contribution >= 4 is 49.4 Å². The van der Waals surface area contributed by atoms with Gasteiger partial charge in [-0.25, -0.2) is 22.9 Å². The smallest absolute Gasteiger partial charge is 0.352 e. The molecule has 32 heavy (non-hydrogen) atoms. The van der Waals surface area contributed by atoms with E-state index in [1.807, 2.05) is 0 Å². The molecule has 0 saturated carbocycles. The van der Waals surface area contributed by atoms with Gasteiger partial charge in [0.05, 0.1) is 35.2 Å². The number of ketones is 1. The quantitative estimate of drug-likeness (QED) is 0.253. The summed E-state index contributed by atoms with van der Waals surface area (Å²) in [6.07, 6.45) is 2.37. The number of hydrogen-bond donors (Lipinski definition) is 4. The molecule has 3 atom stereocenters. The number of carbonyl (C=O) groups excluding carboxylic acids is 2. The van der Waals surface area contributed by atoms with Gasteiger partial charge >= 0.3 is 5.97 Å². The lowest BCUT2D eigenvalue weighted by Gasteiger charge is -2.44. The van der Waals surface area contributed by atoms with Crippen LogP contribution >= 0.6 is 11.3 Å². The first kappa shape index (κ1) is 22.5. The Morgan fingerprint density at radius 2 is 2.16 bits per heavy atom. The molecule has 0 radical (unpaired) electrons. The number of aliphatic hydroxyl groups excluding tert-OH is 1. The summed E-state index contributed by atoms with van der Waals surface area (Å²) in [5.74, 6) is -3.19. The summed E-state index contributed by atoms with van der Waals surface area (Å²) < 4.78 is 27.2. The van der Waals surface area contributed by atoms with Gasteiger partial charge in [-0.1, -0.05) is 0 Å². The van der Waals surface area contributed by atoms with Gasteiger partial charge in [-0.05, 0) is 13.3 Å². The number of nitrogens with two attached hydrogens (primary N) is 1. The van der Waals surface area contributed by atoms with E-state index in [1.54, 1.807) is 10.6 Å². The van der Waals surface area contributed by atoms with Crippen molar-refractivity contribution < 1.29 is 33.0 Å². The lowest BCUT2D eigenvalue weighted by Crippen LogP contribution is -2.61. The number of aromatic nitrogens is 2. The number of thiazole rings is 1. The molecule has 0 bridgehead atoms. The number of imidazole rings is 1. The number of rotatable bonds is 9. The molecule has 14 heteroatoms. The lowest BCUT2D eigenvalue weighted by molar-refractivity contribution is -0.161. The number of carboxylic acids is 1. The van der Waals surface area contributed by atoms with Crippen LogP contribution in [-0.2, 0) is 19.6 Å². The normalized spacial score (nSPS) is 21.7. The summed E-state index contributed by atoms with van der Waals surface area (Å²) in [5.41, 5.74) is 5.60. The number of carbonyl (C=O) groups is 3. The number of β-lactam (4-membered cyclic amide) rings is 1. The molecule has 4 heterocycles. The summed E-state index contributed by atoms with van der Waals surface area (Å²) in [6, 6.07) is -0.429. The molecule has 4 rings (SSSR count). The number of amides is 1. The van der Waals surface area contributed by atoms with Crippen LogP contribution in [0.15, 0.2) is 18.2 Å². The zero-order chi connectivity index (χ0) is 23.4. The van der Waals surface area contributed by atoms with Gasteiger partial charge in [0.15, 0.2) is 5.78 Å². The van der Waals surface area contributed by atoms with Crippen molar-refractivity contribution in [2.75, 3.05) is 18.8 Å². The molecule has 172 valence electrons. The predicted octanol–water partition coefficient (Wildman–Crippen LogP) is -1.14. The Bertz CT molecular complexity index is 1260. The molecule has 2 aliphatic heterocycles. The molecule has 1 saturated heterocycles. The molecule has 0 aliphatic carbocycles. The van der Waals surface area contributed by atoms with Crippen LogP contribution in [0.2, 0.25) is 0 Å². The minimum absolute atomic E-state index is 0.0494. The number of aliphatic hydroxyl groups is 1. The van der Waals surface area contributed by atoms with E-state index in [1.165, 1.54) is 18.2 Å². The number of aliphatic carboxylic acids is 1. The standard InChI is InChI=1S/C18H21N5O7S2/c1-8(24)13-10-4-9(15(18(27)28)23(10)16(13)26)12-6-22-7-20-14(17(22)31-12)11(25)5-21-32(29,30)3-2-19/h6-8,10,13,21,24H,2-5,19H2,1H3,(H,27,28)/t8-,10-,13-/m1/s1. The molecule has 0 spiro atoms. The second-order valence-electron chi connectivity index (χ2n) is 7.63. The van der Waals surface area contributed by atoms with Crippen molar-refractivity contribution in [3.8, 4) is 0 Å². The van der Waals surface area contributed by atoms with Crippen LogP contribution in [0.3, 0.4) is 0 Å². The Kier molecular flexibility index (Phi) is 5.67. The van der Waals surface area contributed by atoms with E-state index >= 15 is 0 Å². The fourth-order valence-corrected chi connectivity index (χ4v) is 6.06. The van der Waals surface area contributed by atoms with Gasteiger partial charge in [0.2, 0.25) is 15.9 Å². The van der Waals surface area contributed by atoms with Crippen LogP contribution in [0.1, 0.15) is 28.7 Å². The molecule has 2 aromatic rings. The van der Waals surface area contributed by atoms with E-state index < -0.39 is 52.3 Å². The van der Waals surface area contributed by atoms with Crippen LogP contribution in [0, 0.1) is 5.92 Å². The van der Waals surface area contributed by atoms with Crippen molar-refractivity contribution in [2.24, 2.45) is 11.7 Å². The van der Waals surface area contributed by atoms with Gasteiger partial charge in [0.1, 0.15) is 22.5 Å². The van der Waals surface area contributed by atoms with E-state index in [9.17, 15) is 33.0 Å². The topological polar surface area (TPSA) is 184 Å². The van der Waals surface area contributed by atoms with E-state index in [4.69, 9.17) is 5.73 Å². The summed E-state index contributed by atoms with van der Waals surface area (Å²) in [6.45, 7) is 0.939. The van der Waals surface area contributed by atoms with E-state index in [-0.39, 0.29) is 30.1 Å². The molecule has 5 N–H and O–H groups in total. The van der Waals surface area contributed by atoms with Crippen LogP contribution in [-0.4, -0.2) is 81.6 Å². The zero-order valence-electron chi connectivity index (χ0n) is 16.9. The highest BCUT2D eigenvalue weighted by atomic mass is 32.2. The highest BCUT2D eigenvalue weighted by Crippen LogP contribution is 2.48. The van der Waals surface area contributed by atoms with Crippen molar-refractivity contribution in [2.45, 2.75) is 25.5 Å². The minimum atomic E-state index is -3.68. The Hall–Kier alpha value is -2.65. The van der Waals surface area contributed by atoms with Crippen molar-refractivity contribution in [3.05, 3.63) is 28.8 Å². The highest BCUT2D eigenvalue weighted by Gasteiger charge is 2.57. The van der Waals surface area contributed by atoms with Gasteiger partial charge in [-0.3, -0.25) is 14.0 Å². The third-order valence-electron chi connectivity index (χ3n) is 5.54. The Balaban J connectivity index is 1.63. The van der Waals surface area contributed by atoms with Gasteiger partial charge < -0.3 is 20.8 Å². The molecule has 12 nitrogen and oxygen atoms in total. The fourth-order valence-electron chi connectivity index (χ4n) is 4.11. The average molecular weight is 484 g/mol. The maximum atomic E-state index is 12.5. The van der Waals surface area contributed by atoms with Crippen LogP contribution in [0.4, 0.5) is 0 Å². The predicted molar refractivity (Wildman–Crippen MR) is 113 cm³/mol. The summed E-state index contributed by atoms with van der Waals surface area (Å²) in [4.78, 5) is 43.1. The number of nitrogens with one attached hydrogen (secondary N) is 1. The van der Waals surface area contributed by atoms with Gasteiger partial charge in [0.25, 0.3) is 0 Å². The Labute approximate surface area is 186 Å². The highest BCUT2D eigenvalue weighted by molar-refractivity contribution is 7.89. The van der Waals surface area contributed by atoms with Crippen LogP contribution in [0.25, 0.3) is 10.4 Å². The number of carboxylic acid groups (broad SMARTS) is 1. The van der Waals surface area contributed by atoms with Gasteiger partial charge in [0, 0.05) is 18.3 Å². The molecule has 2 aliphatic rings. The summed E-state index contributed by atoms with van der Waals surface area (Å²) in [7, 11) is -3.68. The fraction of sp³-hybridized carbons (Fsp3) is 0.444. The third-order valence-corrected chi connectivity index (χ3v) is 8.07. The van der Waals surface area contributed by atoms with Crippen LogP contribution < -0.4 is 10.5 Å². The first-order valence-electron chi connectivity index (χ1n) is 9.70. The number of fused-ring (bicyclic) bond motifs is 2. The summed E-state index contributed by atoms with van der Waals surface area (Å²) in [5, 5.41) is 19.6. The lowest BCUT2D eigenvalue weighted by atomic mass is 9.83. The maximum Gasteiger partial charge on any atom is 0.352 e. The van der Waals surface area contributed by atoms with E-state index in [0.717, 1.165) is 11.3 Å². The zero-order valence-corrected chi connectivity index (χ0v) is 18.5. The molecule has 0 unspecified atom stereocenters. The molecular weight excluding hydrogens is 462 g/mol. The third kappa shape index (κ3) is 3.63. The maximum absolute atomic E-state index is 12.5. The van der Waals surface area contributed by atoms with Crippen molar-refractivity contribution in [3.63, 3.8) is 0 Å². The Morgan fingerprint density at radius 3 is 2.78 bits per heavy atom. The summed E-state index contributed by atoms with van der Waals surface area (Å²) >= 11 is 1.12. The molecule has 0 aromatic carbocycles. The van der Waals surface area contributed by atoms with E-state index in [2.05, 4.69) is 9.71 Å². The average Bonchev–Trinajstić information content (AvgIpc) is 3.36. The van der Waals surface area contributed by atoms with Crippen molar-refractivity contribution in [1.29, 1.82) is 0 Å². The first-order chi connectivity index (χ1) is 15.1. The number of sulfonamides is 1. The Morgan fingerprint density at radius 1 is 1.44 bits per heavy atom. The molecule has 1 amide bonds. The monoisotopic (exact) mass is 483 g/mol. The minimum Gasteiger partial charge on any atom is -0.477 e. The SMILES string of the molecule is C[C@@H](O)[C@H]1C(=O)N2C(C(=O)O)=C(c3cn4cnc(C(=O)CNS(=O)(=O)CCN)c4s3)C[C@H]12. The largest absolute Gasteiger partial charge is 0.477 e. The number of hydrogen-bond acceptors (Lipinski definition) is 9.